The lowest BCUT2D eigenvalue weighted by atomic mass is 9.99. The van der Waals surface area contributed by atoms with Crippen molar-refractivity contribution in [1.29, 1.82) is 0 Å². The van der Waals surface area contributed by atoms with Crippen LogP contribution in [-0.4, -0.2) is 11.0 Å². The van der Waals surface area contributed by atoms with Gasteiger partial charge in [0.15, 0.2) is 0 Å². The van der Waals surface area contributed by atoms with Gasteiger partial charge in [0.2, 0.25) is 0 Å². The van der Waals surface area contributed by atoms with Gasteiger partial charge in [-0.15, -0.1) is 0 Å². The van der Waals surface area contributed by atoms with Gasteiger partial charge in [0.05, 0.1) is 17.4 Å². The van der Waals surface area contributed by atoms with E-state index in [4.69, 9.17) is 17.3 Å². The lowest BCUT2D eigenvalue weighted by Gasteiger charge is -2.13. The summed E-state index contributed by atoms with van der Waals surface area (Å²) < 4.78 is 0. The van der Waals surface area contributed by atoms with E-state index in [0.717, 1.165) is 22.0 Å². The minimum atomic E-state index is -0.629. The van der Waals surface area contributed by atoms with Crippen LogP contribution in [-0.2, 0) is 0 Å². The molecule has 0 spiro atoms. The summed E-state index contributed by atoms with van der Waals surface area (Å²) >= 11 is 6.10. The predicted molar refractivity (Wildman–Crippen MR) is 85.4 cm³/mol. The zero-order valence-electron chi connectivity index (χ0n) is 11.0. The van der Waals surface area contributed by atoms with Gasteiger partial charge in [-0.05, 0) is 23.8 Å². The first-order valence-corrected chi connectivity index (χ1v) is 6.73. The van der Waals surface area contributed by atoms with Gasteiger partial charge >= 0.3 is 6.03 Å². The molecule has 0 bridgehead atoms. The second-order valence-corrected chi connectivity index (χ2v) is 5.00. The maximum Gasteiger partial charge on any atom is 0.316 e. The number of nitrogens with one attached hydrogen (secondary N) is 1. The van der Waals surface area contributed by atoms with Crippen LogP contribution < -0.4 is 11.1 Å². The number of rotatable bonds is 2. The van der Waals surface area contributed by atoms with Gasteiger partial charge in [0.1, 0.15) is 0 Å². The van der Waals surface area contributed by atoms with Crippen molar-refractivity contribution in [2.45, 2.75) is 0 Å². The predicted octanol–water partition coefficient (Wildman–Crippen LogP) is 4.05. The molecule has 3 aromatic rings. The van der Waals surface area contributed by atoms with E-state index in [1.165, 1.54) is 0 Å². The normalized spacial score (nSPS) is 10.5. The summed E-state index contributed by atoms with van der Waals surface area (Å²) in [5.41, 5.74) is 8.40. The maximum atomic E-state index is 11.2. The van der Waals surface area contributed by atoms with Crippen LogP contribution >= 0.6 is 11.6 Å². The Bertz CT molecular complexity index is 818. The van der Waals surface area contributed by atoms with Crippen molar-refractivity contribution in [3.8, 4) is 11.1 Å². The van der Waals surface area contributed by atoms with Crippen molar-refractivity contribution < 1.29 is 4.79 Å². The summed E-state index contributed by atoms with van der Waals surface area (Å²) in [5.74, 6) is 0. The van der Waals surface area contributed by atoms with Crippen molar-refractivity contribution >= 4 is 34.2 Å². The highest BCUT2D eigenvalue weighted by Gasteiger charge is 2.12. The Morgan fingerprint density at radius 2 is 1.90 bits per heavy atom. The van der Waals surface area contributed by atoms with Gasteiger partial charge in [0, 0.05) is 16.0 Å². The van der Waals surface area contributed by atoms with E-state index >= 15 is 0 Å². The number of hydrogen-bond acceptors (Lipinski definition) is 2. The van der Waals surface area contributed by atoms with E-state index in [-0.39, 0.29) is 0 Å². The highest BCUT2D eigenvalue weighted by Crippen LogP contribution is 2.35. The van der Waals surface area contributed by atoms with Crippen LogP contribution in [0.1, 0.15) is 0 Å². The van der Waals surface area contributed by atoms with Crippen LogP contribution in [0.5, 0.6) is 0 Å². The van der Waals surface area contributed by atoms with Gasteiger partial charge in [-0.3, -0.25) is 4.98 Å². The second kappa shape index (κ2) is 5.42. The fourth-order valence-electron chi connectivity index (χ4n) is 2.31. The number of carbonyl (C=O) groups excluding carboxylic acids is 1. The molecule has 104 valence electrons. The molecule has 0 aliphatic carbocycles. The smallest absolute Gasteiger partial charge is 0.316 e. The minimum absolute atomic E-state index is 0.559. The fraction of sp³-hybridized carbons (Fsp3) is 0. The number of anilines is 1. The van der Waals surface area contributed by atoms with E-state index in [1.807, 2.05) is 42.5 Å². The first-order valence-electron chi connectivity index (χ1n) is 6.35. The highest BCUT2D eigenvalue weighted by atomic mass is 35.5. The molecule has 0 aliphatic heterocycles. The van der Waals surface area contributed by atoms with Crippen molar-refractivity contribution in [3.63, 3.8) is 0 Å². The molecular formula is C16H12ClN3O. The Balaban J connectivity index is 2.34. The van der Waals surface area contributed by atoms with E-state index in [1.54, 1.807) is 12.3 Å². The lowest BCUT2D eigenvalue weighted by molar-refractivity contribution is 0.259. The fourth-order valence-corrected chi connectivity index (χ4v) is 2.48. The molecule has 3 N–H and O–H groups in total. The minimum Gasteiger partial charge on any atom is -0.351 e. The van der Waals surface area contributed by atoms with Crippen molar-refractivity contribution in [1.82, 2.24) is 4.98 Å². The molecule has 1 aromatic heterocycles. The molecule has 0 atom stereocenters. The van der Waals surface area contributed by atoms with Crippen LogP contribution in [0.25, 0.3) is 22.0 Å². The number of nitrogens with two attached hydrogens (primary N) is 1. The zero-order valence-corrected chi connectivity index (χ0v) is 11.8. The number of aromatic nitrogens is 1. The van der Waals surface area contributed by atoms with Crippen molar-refractivity contribution in [2.24, 2.45) is 5.73 Å². The number of urea groups is 1. The molecule has 0 fully saturated rings. The Hall–Kier alpha value is -2.59. The first kappa shape index (κ1) is 13.4. The average molecular weight is 298 g/mol. The number of amides is 2. The average Bonchev–Trinajstić information content (AvgIpc) is 2.47. The zero-order chi connectivity index (χ0) is 14.8. The Morgan fingerprint density at radius 1 is 1.14 bits per heavy atom. The van der Waals surface area contributed by atoms with Crippen LogP contribution in [0.2, 0.25) is 5.02 Å². The number of hydrogen-bond donors (Lipinski definition) is 2. The third-order valence-corrected chi connectivity index (χ3v) is 3.39. The maximum absolute atomic E-state index is 11.2. The van der Waals surface area contributed by atoms with Crippen LogP contribution in [0.15, 0.2) is 54.7 Å². The SMILES string of the molecule is NC(=O)Nc1cnc2ccc(Cl)cc2c1-c1ccccc1. The summed E-state index contributed by atoms with van der Waals surface area (Å²) in [7, 11) is 0. The molecule has 0 saturated carbocycles. The Labute approximate surface area is 126 Å². The second-order valence-electron chi connectivity index (χ2n) is 4.56. The molecule has 1 heterocycles. The summed E-state index contributed by atoms with van der Waals surface area (Å²) in [4.78, 5) is 15.5. The van der Waals surface area contributed by atoms with Gasteiger partial charge in [0.25, 0.3) is 0 Å². The van der Waals surface area contributed by atoms with Crippen molar-refractivity contribution in [2.75, 3.05) is 5.32 Å². The topological polar surface area (TPSA) is 68.0 Å². The monoisotopic (exact) mass is 297 g/mol. The lowest BCUT2D eigenvalue weighted by Crippen LogP contribution is -2.20. The van der Waals surface area contributed by atoms with Crippen molar-refractivity contribution in [3.05, 3.63) is 59.8 Å². The molecule has 4 nitrogen and oxygen atoms in total. The Kier molecular flexibility index (Phi) is 3.46. The van der Waals surface area contributed by atoms with E-state index in [9.17, 15) is 4.79 Å². The third-order valence-electron chi connectivity index (χ3n) is 3.15. The summed E-state index contributed by atoms with van der Waals surface area (Å²) in [6, 6.07) is 14.5. The summed E-state index contributed by atoms with van der Waals surface area (Å²) in [6.07, 6.45) is 1.60. The number of carbonyl (C=O) groups is 1. The summed E-state index contributed by atoms with van der Waals surface area (Å²) in [6.45, 7) is 0. The molecular weight excluding hydrogens is 286 g/mol. The molecule has 0 aliphatic rings. The van der Waals surface area contributed by atoms with Crippen LogP contribution in [0.4, 0.5) is 10.5 Å². The van der Waals surface area contributed by atoms with Crippen LogP contribution in [0.3, 0.4) is 0 Å². The molecule has 3 rings (SSSR count). The quantitative estimate of drug-likeness (QED) is 0.749. The van der Waals surface area contributed by atoms with Gasteiger partial charge in [-0.25, -0.2) is 4.79 Å². The number of primary amides is 1. The molecule has 2 amide bonds. The number of pyridine rings is 1. The Morgan fingerprint density at radius 3 is 2.62 bits per heavy atom. The first-order chi connectivity index (χ1) is 10.1. The van der Waals surface area contributed by atoms with E-state index < -0.39 is 6.03 Å². The molecule has 0 unspecified atom stereocenters. The van der Waals surface area contributed by atoms with Gasteiger partial charge in [-0.1, -0.05) is 41.9 Å². The summed E-state index contributed by atoms with van der Waals surface area (Å²) in [5, 5.41) is 4.09. The molecule has 21 heavy (non-hydrogen) atoms. The number of halogens is 1. The standard InChI is InChI=1S/C16H12ClN3O/c17-11-6-7-13-12(8-11)15(10-4-2-1-3-5-10)14(9-19-13)20-16(18)21/h1-9H,(H3,18,20,21). The largest absolute Gasteiger partial charge is 0.351 e. The molecule has 0 radical (unpaired) electrons. The molecule has 5 heteroatoms. The third kappa shape index (κ3) is 2.66. The van der Waals surface area contributed by atoms with E-state index in [2.05, 4.69) is 10.3 Å². The number of nitrogens with zero attached hydrogens (tertiary/aromatic N) is 1. The van der Waals surface area contributed by atoms with Gasteiger partial charge in [-0.2, -0.15) is 0 Å². The number of fused-ring (bicyclic) bond motifs is 1. The molecule has 2 aromatic carbocycles. The van der Waals surface area contributed by atoms with Crippen LogP contribution in [0, 0.1) is 0 Å². The van der Waals surface area contributed by atoms with Gasteiger partial charge < -0.3 is 11.1 Å². The van der Waals surface area contributed by atoms with E-state index in [0.29, 0.717) is 10.7 Å². The highest BCUT2D eigenvalue weighted by molar-refractivity contribution is 6.31. The molecule has 0 saturated heterocycles. The number of benzene rings is 2.